The maximum Gasteiger partial charge on any atom is 0.319 e. The third-order valence-corrected chi connectivity index (χ3v) is 4.87. The van der Waals surface area contributed by atoms with E-state index in [2.05, 4.69) is 25.7 Å². The molecule has 0 aliphatic heterocycles. The summed E-state index contributed by atoms with van der Waals surface area (Å²) >= 11 is 1.58. The highest BCUT2D eigenvalue weighted by Gasteiger charge is 2.08. The Bertz CT molecular complexity index is 959. The average molecular weight is 414 g/mol. The molecule has 0 unspecified atom stereocenters. The Morgan fingerprint density at radius 2 is 2.07 bits per heavy atom. The fourth-order valence-corrected chi connectivity index (χ4v) is 3.22. The molecule has 2 heterocycles. The van der Waals surface area contributed by atoms with Gasteiger partial charge in [-0.05, 0) is 24.3 Å². The Balaban J connectivity index is 1.60. The molecule has 0 fully saturated rings. The smallest absolute Gasteiger partial charge is 0.319 e. The summed E-state index contributed by atoms with van der Waals surface area (Å²) in [4.78, 5) is 20.9. The van der Waals surface area contributed by atoms with Crippen LogP contribution in [0.1, 0.15) is 11.3 Å². The Hall–Kier alpha value is -3.11. The van der Waals surface area contributed by atoms with Crippen molar-refractivity contribution >= 4 is 29.3 Å². The largest absolute Gasteiger partial charge is 0.396 e. The van der Waals surface area contributed by atoms with Crippen LogP contribution in [0, 0.1) is 0 Å². The van der Waals surface area contributed by atoms with Crippen LogP contribution in [0.25, 0.3) is 11.4 Å². The summed E-state index contributed by atoms with van der Waals surface area (Å²) in [6, 6.07) is 8.66. The van der Waals surface area contributed by atoms with Crippen LogP contribution in [-0.4, -0.2) is 43.2 Å². The molecule has 152 valence electrons. The molecule has 2 aromatic heterocycles. The minimum absolute atomic E-state index is 0.127. The zero-order valence-corrected chi connectivity index (χ0v) is 16.8. The van der Waals surface area contributed by atoms with Crippen molar-refractivity contribution in [3.05, 3.63) is 54.0 Å². The first-order chi connectivity index (χ1) is 14.0. The number of nitrogens with two attached hydrogens (primary N) is 1. The van der Waals surface area contributed by atoms with Crippen LogP contribution in [0.15, 0.2) is 42.7 Å². The number of amides is 2. The molecule has 3 aromatic rings. The highest BCUT2D eigenvalue weighted by Crippen LogP contribution is 2.21. The van der Waals surface area contributed by atoms with Gasteiger partial charge in [-0.2, -0.15) is 16.9 Å². The Morgan fingerprint density at radius 3 is 2.76 bits per heavy atom. The number of anilines is 2. The highest BCUT2D eigenvalue weighted by molar-refractivity contribution is 7.98. The Morgan fingerprint density at radius 1 is 1.28 bits per heavy atom. The second-order valence-corrected chi connectivity index (χ2v) is 7.40. The molecule has 10 heteroatoms. The maximum absolute atomic E-state index is 12.1. The van der Waals surface area contributed by atoms with Gasteiger partial charge in [0.25, 0.3) is 0 Å². The third kappa shape index (κ3) is 6.19. The molecule has 0 aliphatic carbocycles. The van der Waals surface area contributed by atoms with Gasteiger partial charge in [0, 0.05) is 54.2 Å². The molecule has 0 aliphatic rings. The van der Waals surface area contributed by atoms with Crippen molar-refractivity contribution in [2.45, 2.75) is 12.3 Å². The summed E-state index contributed by atoms with van der Waals surface area (Å²) in [5.74, 6) is 2.21. The van der Waals surface area contributed by atoms with E-state index in [1.165, 1.54) is 0 Å². The number of aliphatic hydroxyl groups excluding tert-OH is 1. The van der Waals surface area contributed by atoms with E-state index in [0.29, 0.717) is 35.4 Å². The van der Waals surface area contributed by atoms with Crippen LogP contribution in [0.5, 0.6) is 0 Å². The molecule has 9 nitrogen and oxygen atoms in total. The number of nitrogens with one attached hydrogen (secondary N) is 2. The van der Waals surface area contributed by atoms with Crippen molar-refractivity contribution in [2.75, 3.05) is 23.4 Å². The number of thioether (sulfide) groups is 1. The van der Waals surface area contributed by atoms with Crippen LogP contribution in [-0.2, 0) is 19.3 Å². The number of carbonyl (C=O) groups is 1. The second-order valence-electron chi connectivity index (χ2n) is 6.29. The van der Waals surface area contributed by atoms with E-state index < -0.39 is 0 Å². The standard InChI is InChI=1S/C19H23N7O2S/c1-26-11-13(10-22-26)9-21-19(28)24-15-4-2-14(3-5-15)18-23-16(8-17(20)25-18)12-29-7-6-27/h2-5,8,10-11,27H,6-7,9,12H2,1H3,(H2,20,23,25)(H2,21,24,28). The molecule has 29 heavy (non-hydrogen) atoms. The average Bonchev–Trinajstić information content (AvgIpc) is 3.12. The summed E-state index contributed by atoms with van der Waals surface area (Å²) in [7, 11) is 1.83. The normalized spacial score (nSPS) is 10.7. The number of urea groups is 1. The van der Waals surface area contributed by atoms with Crippen LogP contribution >= 0.6 is 11.8 Å². The molecule has 2 amide bonds. The maximum atomic E-state index is 12.1. The van der Waals surface area contributed by atoms with E-state index in [9.17, 15) is 4.79 Å². The summed E-state index contributed by atoms with van der Waals surface area (Å²) in [6.45, 7) is 0.522. The SMILES string of the molecule is Cn1cc(CNC(=O)Nc2ccc(-c3nc(N)cc(CSCCO)n3)cc2)cn1. The van der Waals surface area contributed by atoms with Crippen LogP contribution in [0.3, 0.4) is 0 Å². The minimum atomic E-state index is -0.301. The first-order valence-electron chi connectivity index (χ1n) is 8.98. The fourth-order valence-electron chi connectivity index (χ4n) is 2.59. The quantitative estimate of drug-likeness (QED) is 0.415. The topological polar surface area (TPSA) is 131 Å². The molecule has 5 N–H and O–H groups in total. The van der Waals surface area contributed by atoms with E-state index in [0.717, 1.165) is 16.8 Å². The van der Waals surface area contributed by atoms with Crippen molar-refractivity contribution in [2.24, 2.45) is 7.05 Å². The van der Waals surface area contributed by atoms with Gasteiger partial charge in [0.15, 0.2) is 5.82 Å². The van der Waals surface area contributed by atoms with Gasteiger partial charge < -0.3 is 21.5 Å². The van der Waals surface area contributed by atoms with Gasteiger partial charge in [-0.1, -0.05) is 0 Å². The number of nitrogens with zero attached hydrogens (tertiary/aromatic N) is 4. The zero-order valence-electron chi connectivity index (χ0n) is 16.0. The minimum Gasteiger partial charge on any atom is -0.396 e. The lowest BCUT2D eigenvalue weighted by Crippen LogP contribution is -2.28. The molecule has 0 atom stereocenters. The lowest BCUT2D eigenvalue weighted by Gasteiger charge is -2.09. The summed E-state index contributed by atoms with van der Waals surface area (Å²) in [5, 5.41) is 18.5. The van der Waals surface area contributed by atoms with Gasteiger partial charge in [0.2, 0.25) is 0 Å². The predicted molar refractivity (Wildman–Crippen MR) is 114 cm³/mol. The molecule has 3 rings (SSSR count). The number of aromatic nitrogens is 4. The van der Waals surface area contributed by atoms with Crippen molar-refractivity contribution < 1.29 is 9.90 Å². The van der Waals surface area contributed by atoms with Crippen LogP contribution in [0.4, 0.5) is 16.3 Å². The van der Waals surface area contributed by atoms with Gasteiger partial charge in [0.1, 0.15) is 5.82 Å². The molecular weight excluding hydrogens is 390 g/mol. The fraction of sp³-hybridized carbons (Fsp3) is 0.263. The number of carbonyl (C=O) groups excluding carboxylic acids is 1. The summed E-state index contributed by atoms with van der Waals surface area (Å²) in [6.07, 6.45) is 3.55. The monoisotopic (exact) mass is 413 g/mol. The Kier molecular flexibility index (Phi) is 7.04. The molecule has 0 saturated heterocycles. The Labute approximate surface area is 172 Å². The molecule has 1 aromatic carbocycles. The van der Waals surface area contributed by atoms with Gasteiger partial charge in [0.05, 0.1) is 18.5 Å². The third-order valence-electron chi connectivity index (χ3n) is 3.90. The van der Waals surface area contributed by atoms with Crippen molar-refractivity contribution in [3.63, 3.8) is 0 Å². The zero-order chi connectivity index (χ0) is 20.6. The predicted octanol–water partition coefficient (Wildman–Crippen LogP) is 2.01. The van der Waals surface area contributed by atoms with Gasteiger partial charge >= 0.3 is 6.03 Å². The summed E-state index contributed by atoms with van der Waals surface area (Å²) < 4.78 is 1.68. The number of rotatable bonds is 8. The molecular formula is C19H23N7O2S. The number of hydrogen-bond acceptors (Lipinski definition) is 7. The first-order valence-corrected chi connectivity index (χ1v) is 10.1. The van der Waals surface area contributed by atoms with Gasteiger partial charge in [-0.25, -0.2) is 14.8 Å². The number of aryl methyl sites for hydroxylation is 1. The lowest BCUT2D eigenvalue weighted by molar-refractivity contribution is 0.251. The van der Waals surface area contributed by atoms with Crippen LogP contribution < -0.4 is 16.4 Å². The van der Waals surface area contributed by atoms with Crippen molar-refractivity contribution in [1.82, 2.24) is 25.1 Å². The van der Waals surface area contributed by atoms with Gasteiger partial charge in [-0.15, -0.1) is 0 Å². The molecule has 0 radical (unpaired) electrons. The second kappa shape index (κ2) is 9.89. The van der Waals surface area contributed by atoms with Gasteiger partial charge in [-0.3, -0.25) is 4.68 Å². The van der Waals surface area contributed by atoms with E-state index >= 15 is 0 Å². The number of benzene rings is 1. The van der Waals surface area contributed by atoms with Crippen molar-refractivity contribution in [1.29, 1.82) is 0 Å². The van der Waals surface area contributed by atoms with E-state index in [1.807, 2.05) is 25.4 Å². The molecule has 0 bridgehead atoms. The summed E-state index contributed by atoms with van der Waals surface area (Å²) in [5.41, 5.74) is 9.08. The van der Waals surface area contributed by atoms with E-state index in [4.69, 9.17) is 10.8 Å². The molecule has 0 saturated carbocycles. The van der Waals surface area contributed by atoms with Crippen LogP contribution in [0.2, 0.25) is 0 Å². The van der Waals surface area contributed by atoms with Crippen molar-refractivity contribution in [3.8, 4) is 11.4 Å². The first kappa shape index (κ1) is 20.6. The van der Waals surface area contributed by atoms with E-state index in [-0.39, 0.29) is 12.6 Å². The van der Waals surface area contributed by atoms with E-state index in [1.54, 1.807) is 40.8 Å². The highest BCUT2D eigenvalue weighted by atomic mass is 32.2. The number of hydrogen-bond donors (Lipinski definition) is 4. The molecule has 0 spiro atoms. The number of aliphatic hydroxyl groups is 1. The number of nitrogen functional groups attached to an aromatic ring is 1. The lowest BCUT2D eigenvalue weighted by atomic mass is 10.2.